The second kappa shape index (κ2) is 6.28. The van der Waals surface area contributed by atoms with Gasteiger partial charge in [0.15, 0.2) is 5.78 Å². The number of carbonyl (C=O) groups is 1. The van der Waals surface area contributed by atoms with Gasteiger partial charge in [-0.1, -0.05) is 6.92 Å². The summed E-state index contributed by atoms with van der Waals surface area (Å²) >= 11 is 1.45. The first kappa shape index (κ1) is 14.9. The van der Waals surface area contributed by atoms with Crippen molar-refractivity contribution in [2.24, 2.45) is 0 Å². The average Bonchev–Trinajstić information content (AvgIpc) is 2.97. The van der Waals surface area contributed by atoms with E-state index in [4.69, 9.17) is 0 Å². The number of hydrogen-bond donors (Lipinski definition) is 1. The van der Waals surface area contributed by atoms with Crippen LogP contribution in [0.3, 0.4) is 0 Å². The topological polar surface area (TPSA) is 68.0 Å². The first-order valence-corrected chi connectivity index (χ1v) is 7.54. The van der Waals surface area contributed by atoms with Crippen LogP contribution in [0.5, 0.6) is 0 Å². The molecule has 1 N–H and O–H groups in total. The quantitative estimate of drug-likeness (QED) is 0.829. The van der Waals surface area contributed by atoms with Gasteiger partial charge in [0.05, 0.1) is 17.5 Å². The second-order valence-corrected chi connectivity index (χ2v) is 5.78. The van der Waals surface area contributed by atoms with E-state index in [9.17, 15) is 9.90 Å². The number of Topliss-reactive ketones (excluding diaryl/α,β-unsaturated/α-hetero) is 1. The Labute approximate surface area is 122 Å². The number of carbonyl (C=O) groups excluding carboxylic acids is 1. The highest BCUT2D eigenvalue weighted by molar-refractivity contribution is 7.12. The lowest BCUT2D eigenvalue weighted by atomic mass is 10.2. The Hall–Kier alpha value is -1.53. The maximum absolute atomic E-state index is 11.3. The summed E-state index contributed by atoms with van der Waals surface area (Å²) in [6, 6.07) is 1.90. The number of ketones is 1. The van der Waals surface area contributed by atoms with Crippen LogP contribution in [0, 0.1) is 6.92 Å². The maximum Gasteiger partial charge on any atom is 0.169 e. The number of aromatic nitrogens is 3. The van der Waals surface area contributed by atoms with E-state index in [1.54, 1.807) is 11.6 Å². The minimum Gasteiger partial charge on any atom is -0.391 e. The number of aryl methyl sites for hydroxylation is 1. The molecule has 0 radical (unpaired) electrons. The summed E-state index contributed by atoms with van der Waals surface area (Å²) in [5, 5.41) is 16.0. The number of nitrogens with zero attached hydrogens (tertiary/aromatic N) is 3. The SMILES string of the molecule is CC[C@H](O)Cn1nc(C)nc1Cc1csc(C(C)=O)c1. The zero-order valence-electron chi connectivity index (χ0n) is 12.0. The van der Waals surface area contributed by atoms with Gasteiger partial charge in [-0.3, -0.25) is 4.79 Å². The third-order valence-corrected chi connectivity index (χ3v) is 4.15. The molecule has 0 saturated carbocycles. The highest BCUT2D eigenvalue weighted by Crippen LogP contribution is 2.18. The van der Waals surface area contributed by atoms with E-state index in [1.807, 2.05) is 25.3 Å². The molecule has 0 bridgehead atoms. The Balaban J connectivity index is 2.17. The number of aliphatic hydroxyl groups excluding tert-OH is 1. The Morgan fingerprint density at radius 1 is 1.55 bits per heavy atom. The van der Waals surface area contributed by atoms with Crippen LogP contribution in [0.1, 0.15) is 47.2 Å². The van der Waals surface area contributed by atoms with Gasteiger partial charge >= 0.3 is 0 Å². The first-order valence-electron chi connectivity index (χ1n) is 6.66. The van der Waals surface area contributed by atoms with Gasteiger partial charge in [-0.15, -0.1) is 11.3 Å². The third kappa shape index (κ3) is 3.52. The van der Waals surface area contributed by atoms with E-state index in [-0.39, 0.29) is 5.78 Å². The monoisotopic (exact) mass is 293 g/mol. The van der Waals surface area contributed by atoms with Crippen LogP contribution in [0.15, 0.2) is 11.4 Å². The molecule has 0 aliphatic heterocycles. The molecule has 0 aliphatic rings. The molecule has 2 aromatic heterocycles. The summed E-state index contributed by atoms with van der Waals surface area (Å²) in [5.41, 5.74) is 1.06. The normalized spacial score (nSPS) is 12.6. The molecule has 5 nitrogen and oxygen atoms in total. The molecule has 20 heavy (non-hydrogen) atoms. The number of thiophene rings is 1. The molecule has 2 heterocycles. The van der Waals surface area contributed by atoms with Crippen molar-refractivity contribution in [3.63, 3.8) is 0 Å². The largest absolute Gasteiger partial charge is 0.391 e. The molecule has 0 spiro atoms. The molecule has 0 aromatic carbocycles. The van der Waals surface area contributed by atoms with Gasteiger partial charge in [0, 0.05) is 6.42 Å². The van der Waals surface area contributed by atoms with Crippen molar-refractivity contribution in [1.82, 2.24) is 14.8 Å². The predicted octanol–water partition coefficient (Wildman–Crippen LogP) is 2.21. The predicted molar refractivity (Wildman–Crippen MR) is 78.2 cm³/mol. The molecule has 108 valence electrons. The van der Waals surface area contributed by atoms with Crippen molar-refractivity contribution in [1.29, 1.82) is 0 Å². The summed E-state index contributed by atoms with van der Waals surface area (Å²) in [5.74, 6) is 1.61. The molecule has 0 saturated heterocycles. The summed E-state index contributed by atoms with van der Waals surface area (Å²) < 4.78 is 1.76. The smallest absolute Gasteiger partial charge is 0.169 e. The van der Waals surface area contributed by atoms with Gasteiger partial charge in [0.2, 0.25) is 0 Å². The minimum absolute atomic E-state index is 0.0836. The lowest BCUT2D eigenvalue weighted by Gasteiger charge is -2.09. The zero-order valence-corrected chi connectivity index (χ0v) is 12.8. The van der Waals surface area contributed by atoms with Crippen LogP contribution in [0.4, 0.5) is 0 Å². The molecular formula is C14H19N3O2S. The van der Waals surface area contributed by atoms with Crippen LogP contribution in [-0.4, -0.2) is 31.8 Å². The Bertz CT molecular complexity index is 603. The van der Waals surface area contributed by atoms with Gasteiger partial charge in [-0.25, -0.2) is 9.67 Å². The summed E-state index contributed by atoms with van der Waals surface area (Å²) in [6.45, 7) is 5.80. The van der Waals surface area contributed by atoms with Gasteiger partial charge < -0.3 is 5.11 Å². The summed E-state index contributed by atoms with van der Waals surface area (Å²) in [4.78, 5) is 16.5. The first-order chi connectivity index (χ1) is 9.49. The standard InChI is InChI=1S/C14H19N3O2S/c1-4-12(19)7-17-14(15-10(3)16-17)6-11-5-13(9(2)18)20-8-11/h5,8,12,19H,4,6-7H2,1-3H3/t12-/m0/s1. The van der Waals surface area contributed by atoms with Gasteiger partial charge in [0.1, 0.15) is 11.6 Å². The maximum atomic E-state index is 11.3. The zero-order chi connectivity index (χ0) is 14.7. The van der Waals surface area contributed by atoms with Crippen LogP contribution in [0.25, 0.3) is 0 Å². The minimum atomic E-state index is -0.412. The Morgan fingerprint density at radius 3 is 2.90 bits per heavy atom. The Morgan fingerprint density at radius 2 is 2.30 bits per heavy atom. The number of hydrogen-bond acceptors (Lipinski definition) is 5. The molecular weight excluding hydrogens is 274 g/mol. The fourth-order valence-electron chi connectivity index (χ4n) is 1.94. The number of aliphatic hydroxyl groups is 1. The van der Waals surface area contributed by atoms with E-state index in [0.29, 0.717) is 25.2 Å². The van der Waals surface area contributed by atoms with E-state index in [2.05, 4.69) is 10.1 Å². The second-order valence-electron chi connectivity index (χ2n) is 4.87. The van der Waals surface area contributed by atoms with Crippen molar-refractivity contribution in [3.05, 3.63) is 33.5 Å². The fourth-order valence-corrected chi connectivity index (χ4v) is 2.76. The highest BCUT2D eigenvalue weighted by atomic mass is 32.1. The average molecular weight is 293 g/mol. The van der Waals surface area contributed by atoms with Crippen molar-refractivity contribution in [2.75, 3.05) is 0 Å². The van der Waals surface area contributed by atoms with E-state index >= 15 is 0 Å². The van der Waals surface area contributed by atoms with Crippen molar-refractivity contribution >= 4 is 17.1 Å². The molecule has 2 aromatic rings. The molecule has 0 amide bonds. The molecule has 0 unspecified atom stereocenters. The molecule has 1 atom stereocenters. The molecule has 2 rings (SSSR count). The number of rotatable bonds is 6. The van der Waals surface area contributed by atoms with E-state index in [0.717, 1.165) is 16.3 Å². The summed E-state index contributed by atoms with van der Waals surface area (Å²) in [6.07, 6.45) is 0.900. The fraction of sp³-hybridized carbons (Fsp3) is 0.500. The molecule has 0 aliphatic carbocycles. The van der Waals surface area contributed by atoms with Crippen molar-refractivity contribution < 1.29 is 9.90 Å². The lowest BCUT2D eigenvalue weighted by molar-refractivity contribution is 0.102. The Kier molecular flexibility index (Phi) is 4.67. The highest BCUT2D eigenvalue weighted by Gasteiger charge is 2.13. The lowest BCUT2D eigenvalue weighted by Crippen LogP contribution is -2.18. The van der Waals surface area contributed by atoms with Crippen LogP contribution >= 0.6 is 11.3 Å². The molecule has 6 heteroatoms. The van der Waals surface area contributed by atoms with Crippen molar-refractivity contribution in [2.45, 2.75) is 46.3 Å². The van der Waals surface area contributed by atoms with Crippen LogP contribution < -0.4 is 0 Å². The third-order valence-electron chi connectivity index (χ3n) is 3.07. The summed E-state index contributed by atoms with van der Waals surface area (Å²) in [7, 11) is 0. The van der Waals surface area contributed by atoms with Gasteiger partial charge in [0.25, 0.3) is 0 Å². The van der Waals surface area contributed by atoms with Gasteiger partial charge in [-0.2, -0.15) is 5.10 Å². The van der Waals surface area contributed by atoms with Crippen LogP contribution in [0.2, 0.25) is 0 Å². The van der Waals surface area contributed by atoms with E-state index < -0.39 is 6.10 Å². The van der Waals surface area contributed by atoms with Crippen LogP contribution in [-0.2, 0) is 13.0 Å². The molecule has 0 fully saturated rings. The van der Waals surface area contributed by atoms with E-state index in [1.165, 1.54) is 11.3 Å². The van der Waals surface area contributed by atoms with Crippen molar-refractivity contribution in [3.8, 4) is 0 Å². The van der Waals surface area contributed by atoms with Gasteiger partial charge in [-0.05, 0) is 37.3 Å².